The van der Waals surface area contributed by atoms with E-state index in [-0.39, 0.29) is 34.9 Å². The van der Waals surface area contributed by atoms with Gasteiger partial charge >= 0.3 is 0 Å². The van der Waals surface area contributed by atoms with Crippen molar-refractivity contribution < 1.29 is 19.8 Å². The van der Waals surface area contributed by atoms with Crippen LogP contribution in [-0.2, 0) is 9.59 Å². The van der Waals surface area contributed by atoms with Crippen LogP contribution in [0.2, 0.25) is 0 Å². The summed E-state index contributed by atoms with van der Waals surface area (Å²) in [5.74, 6) is 3.61. The Morgan fingerprint density at radius 3 is 2.14 bits per heavy atom. The lowest BCUT2D eigenvalue weighted by Gasteiger charge is -2.62. The number of aliphatic hydroxyl groups is 2. The van der Waals surface area contributed by atoms with Gasteiger partial charge in [-0.1, -0.05) is 20.8 Å². The summed E-state index contributed by atoms with van der Waals surface area (Å²) < 4.78 is 0. The molecule has 8 heteroatoms. The zero-order chi connectivity index (χ0) is 31.7. The van der Waals surface area contributed by atoms with Gasteiger partial charge in [-0.2, -0.15) is 0 Å². The van der Waals surface area contributed by atoms with E-state index >= 15 is 0 Å². The molecule has 8 nitrogen and oxygen atoms in total. The molecule has 254 valence electrons. The maximum absolute atomic E-state index is 12.7. The minimum absolute atomic E-state index is 0.0327. The quantitative estimate of drug-likeness (QED) is 0.135. The summed E-state index contributed by atoms with van der Waals surface area (Å²) in [6, 6.07) is 0. The van der Waals surface area contributed by atoms with Crippen LogP contribution in [0.1, 0.15) is 118 Å². The second-order valence-corrected chi connectivity index (χ2v) is 15.6. The maximum Gasteiger partial charge on any atom is 0.220 e. The van der Waals surface area contributed by atoms with Gasteiger partial charge in [0, 0.05) is 26.4 Å². The van der Waals surface area contributed by atoms with Gasteiger partial charge in [-0.05, 0) is 156 Å². The molecule has 0 radical (unpaired) electrons. The summed E-state index contributed by atoms with van der Waals surface area (Å²) in [6.07, 6.45) is 14.1. The predicted octanol–water partition coefficient (Wildman–Crippen LogP) is 4.39. The van der Waals surface area contributed by atoms with Crippen molar-refractivity contribution in [1.29, 1.82) is 0 Å². The molecule has 4 rings (SSSR count). The molecule has 44 heavy (non-hydrogen) atoms. The van der Waals surface area contributed by atoms with Gasteiger partial charge in [-0.25, -0.2) is 0 Å². The number of amides is 2. The first-order valence-corrected chi connectivity index (χ1v) is 18.4. The van der Waals surface area contributed by atoms with E-state index in [1.54, 1.807) is 6.92 Å². The molecule has 0 aromatic heterocycles. The number of carbonyl (C=O) groups is 2. The molecular weight excluding hydrogens is 552 g/mol. The van der Waals surface area contributed by atoms with Gasteiger partial charge < -0.3 is 31.5 Å². The molecule has 0 spiro atoms. The molecule has 0 heterocycles. The highest BCUT2D eigenvalue weighted by molar-refractivity contribution is 5.75. The molecule has 0 aromatic carbocycles. The molecule has 10 atom stereocenters. The second kappa shape index (κ2) is 16.6. The van der Waals surface area contributed by atoms with Gasteiger partial charge in [-0.3, -0.25) is 9.59 Å². The fourth-order valence-electron chi connectivity index (χ4n) is 10.5. The van der Waals surface area contributed by atoms with Crippen LogP contribution in [-0.4, -0.2) is 73.5 Å². The van der Waals surface area contributed by atoms with Gasteiger partial charge in [0.15, 0.2) is 0 Å². The lowest BCUT2D eigenvalue weighted by atomic mass is 9.43. The third kappa shape index (κ3) is 8.57. The number of rotatable bonds is 17. The highest BCUT2D eigenvalue weighted by Gasteiger charge is 2.63. The maximum atomic E-state index is 12.7. The van der Waals surface area contributed by atoms with Gasteiger partial charge in [0.05, 0.1) is 12.2 Å². The average Bonchev–Trinajstić information content (AvgIpc) is 3.35. The first-order chi connectivity index (χ1) is 21.1. The van der Waals surface area contributed by atoms with E-state index in [4.69, 9.17) is 0 Å². The molecule has 0 unspecified atom stereocenters. The smallest absolute Gasteiger partial charge is 0.220 e. The SMILES string of the molecule is CC(=O)NCCCNCCCCNCCCNC(=O)CC[C@@H](C)[C@H]1CC[C@H]2[C@@H]3CC[C@@H]4C[C@H](O)CC[C@]4(C)[C@H]3C[C@H](O)[C@]12C. The van der Waals surface area contributed by atoms with Crippen molar-refractivity contribution in [3.63, 3.8) is 0 Å². The molecule has 4 fully saturated rings. The zero-order valence-electron chi connectivity index (χ0n) is 28.5. The van der Waals surface area contributed by atoms with Crippen molar-refractivity contribution in [3.8, 4) is 0 Å². The summed E-state index contributed by atoms with van der Waals surface area (Å²) in [6.45, 7) is 14.1. The number of aliphatic hydroxyl groups excluding tert-OH is 2. The molecule has 4 saturated carbocycles. The number of carbonyl (C=O) groups excluding carboxylic acids is 2. The van der Waals surface area contributed by atoms with E-state index in [2.05, 4.69) is 42.0 Å². The van der Waals surface area contributed by atoms with E-state index in [0.717, 1.165) is 97.1 Å². The van der Waals surface area contributed by atoms with Crippen LogP contribution in [0.15, 0.2) is 0 Å². The summed E-state index contributed by atoms with van der Waals surface area (Å²) in [4.78, 5) is 23.5. The van der Waals surface area contributed by atoms with Crippen molar-refractivity contribution in [3.05, 3.63) is 0 Å². The van der Waals surface area contributed by atoms with Crippen LogP contribution in [0.5, 0.6) is 0 Å². The number of unbranched alkanes of at least 4 members (excludes halogenated alkanes) is 1. The molecule has 4 aliphatic carbocycles. The monoisotopic (exact) mass is 619 g/mol. The van der Waals surface area contributed by atoms with Gasteiger partial charge in [0.25, 0.3) is 0 Å². The number of hydrogen-bond acceptors (Lipinski definition) is 6. The van der Waals surface area contributed by atoms with E-state index in [1.165, 1.54) is 25.7 Å². The third-order valence-corrected chi connectivity index (χ3v) is 13.0. The lowest BCUT2D eigenvalue weighted by molar-refractivity contribution is -0.174. The average molecular weight is 619 g/mol. The largest absolute Gasteiger partial charge is 0.393 e. The Kier molecular flexibility index (Phi) is 13.4. The van der Waals surface area contributed by atoms with E-state index in [0.29, 0.717) is 41.9 Å². The van der Waals surface area contributed by atoms with E-state index < -0.39 is 0 Å². The molecule has 0 bridgehead atoms. The van der Waals surface area contributed by atoms with Crippen molar-refractivity contribution in [1.82, 2.24) is 21.3 Å². The van der Waals surface area contributed by atoms with Crippen LogP contribution < -0.4 is 21.3 Å². The Labute approximate surface area is 268 Å². The number of fused-ring (bicyclic) bond motifs is 5. The van der Waals surface area contributed by atoms with Crippen LogP contribution in [0.25, 0.3) is 0 Å². The fraction of sp³-hybridized carbons (Fsp3) is 0.944. The molecule has 0 saturated heterocycles. The van der Waals surface area contributed by atoms with Crippen LogP contribution in [0.4, 0.5) is 0 Å². The summed E-state index contributed by atoms with van der Waals surface area (Å²) in [5.41, 5.74) is 0.236. The molecular formula is C36H66N4O4. The Morgan fingerprint density at radius 2 is 1.45 bits per heavy atom. The van der Waals surface area contributed by atoms with Gasteiger partial charge in [-0.15, -0.1) is 0 Å². The Morgan fingerprint density at radius 1 is 0.795 bits per heavy atom. The summed E-state index contributed by atoms with van der Waals surface area (Å²) >= 11 is 0. The molecule has 4 aliphatic rings. The highest BCUT2D eigenvalue weighted by atomic mass is 16.3. The minimum Gasteiger partial charge on any atom is -0.393 e. The predicted molar refractivity (Wildman–Crippen MR) is 177 cm³/mol. The minimum atomic E-state index is -0.259. The first kappa shape index (κ1) is 35.6. The van der Waals surface area contributed by atoms with Crippen LogP contribution in [0, 0.1) is 46.3 Å². The molecule has 0 aromatic rings. The number of nitrogens with one attached hydrogen (secondary N) is 4. The number of hydrogen-bond donors (Lipinski definition) is 6. The van der Waals surface area contributed by atoms with Crippen LogP contribution >= 0.6 is 0 Å². The van der Waals surface area contributed by atoms with Crippen molar-refractivity contribution in [2.24, 2.45) is 46.3 Å². The standard InChI is InChI=1S/C36H66N4O4/c1-25(9-14-34(44)40-22-8-20-38-18-6-5-17-37-19-7-21-39-26(2)41)30-12-13-31-29-11-10-27-23-28(42)15-16-35(27,3)32(29)24-33(43)36(30,31)4/h25,27-33,37-38,42-43H,5-24H2,1-4H3,(H,39,41)(H,40,44)/t25-,27-,28-,29+,30-,31+,32+,33+,35+,36-/m1/s1. The van der Waals surface area contributed by atoms with Crippen molar-refractivity contribution in [2.45, 2.75) is 130 Å². The third-order valence-electron chi connectivity index (χ3n) is 13.0. The van der Waals surface area contributed by atoms with Crippen LogP contribution in [0.3, 0.4) is 0 Å². The topological polar surface area (TPSA) is 123 Å². The Bertz CT molecular complexity index is 919. The Balaban J connectivity index is 1.09. The zero-order valence-corrected chi connectivity index (χ0v) is 28.5. The molecule has 0 aliphatic heterocycles. The van der Waals surface area contributed by atoms with E-state index in [9.17, 15) is 19.8 Å². The van der Waals surface area contributed by atoms with Gasteiger partial charge in [0.1, 0.15) is 0 Å². The van der Waals surface area contributed by atoms with Gasteiger partial charge in [0.2, 0.25) is 11.8 Å². The summed E-state index contributed by atoms with van der Waals surface area (Å²) in [5, 5.41) is 35.0. The lowest BCUT2D eigenvalue weighted by Crippen LogP contribution is -2.58. The fourth-order valence-corrected chi connectivity index (χ4v) is 10.5. The molecule has 2 amide bonds. The van der Waals surface area contributed by atoms with Crippen molar-refractivity contribution in [2.75, 3.05) is 39.3 Å². The highest BCUT2D eigenvalue weighted by Crippen LogP contribution is 2.68. The Hall–Kier alpha value is -1.22. The van der Waals surface area contributed by atoms with E-state index in [1.807, 2.05) is 0 Å². The van der Waals surface area contributed by atoms with Crippen molar-refractivity contribution >= 4 is 11.8 Å². The second-order valence-electron chi connectivity index (χ2n) is 15.6. The normalized spacial score (nSPS) is 37.0. The first-order valence-electron chi connectivity index (χ1n) is 18.4. The summed E-state index contributed by atoms with van der Waals surface area (Å²) in [7, 11) is 0. The molecule has 6 N–H and O–H groups in total.